The van der Waals surface area contributed by atoms with Crippen LogP contribution < -0.4 is 5.32 Å². The van der Waals surface area contributed by atoms with Gasteiger partial charge in [0.2, 0.25) is 0 Å². The molecule has 0 amide bonds. The van der Waals surface area contributed by atoms with Crippen molar-refractivity contribution in [2.45, 2.75) is 34.2 Å². The SMILES string of the molecule is CCN(CC)Cc1cc(Nc2c3ccc(Cl)cc3nc3ccc(C)cc23)ccc1C. The molecule has 0 fully saturated rings. The van der Waals surface area contributed by atoms with Crippen LogP contribution in [0, 0.1) is 13.8 Å². The van der Waals surface area contributed by atoms with E-state index in [9.17, 15) is 0 Å². The zero-order valence-corrected chi connectivity index (χ0v) is 18.8. The van der Waals surface area contributed by atoms with Gasteiger partial charge in [0.1, 0.15) is 0 Å². The molecule has 0 radical (unpaired) electrons. The van der Waals surface area contributed by atoms with Crippen LogP contribution >= 0.6 is 11.6 Å². The maximum absolute atomic E-state index is 6.26. The van der Waals surface area contributed by atoms with Gasteiger partial charge >= 0.3 is 0 Å². The van der Waals surface area contributed by atoms with Crippen LogP contribution in [0.4, 0.5) is 11.4 Å². The fraction of sp³-hybridized carbons (Fsp3) is 0.269. The summed E-state index contributed by atoms with van der Waals surface area (Å²) in [6.45, 7) is 11.8. The molecule has 0 bridgehead atoms. The monoisotopic (exact) mass is 417 g/mol. The molecule has 1 aromatic heterocycles. The van der Waals surface area contributed by atoms with Gasteiger partial charge in [0, 0.05) is 28.0 Å². The normalized spacial score (nSPS) is 11.5. The van der Waals surface area contributed by atoms with Crippen LogP contribution in [-0.4, -0.2) is 23.0 Å². The van der Waals surface area contributed by atoms with Crippen molar-refractivity contribution in [3.8, 4) is 0 Å². The second-order valence-electron chi connectivity index (χ2n) is 7.90. The van der Waals surface area contributed by atoms with Gasteiger partial charge in [-0.1, -0.05) is 43.1 Å². The minimum Gasteiger partial charge on any atom is -0.354 e. The number of aryl methyl sites for hydroxylation is 2. The number of pyridine rings is 1. The third kappa shape index (κ3) is 4.14. The second-order valence-corrected chi connectivity index (χ2v) is 8.33. The first kappa shape index (κ1) is 20.6. The number of rotatable bonds is 6. The van der Waals surface area contributed by atoms with Crippen molar-refractivity contribution < 1.29 is 0 Å². The van der Waals surface area contributed by atoms with Gasteiger partial charge in [-0.25, -0.2) is 4.98 Å². The number of fused-ring (bicyclic) bond motifs is 2. The van der Waals surface area contributed by atoms with Crippen molar-refractivity contribution in [3.05, 3.63) is 76.3 Å². The van der Waals surface area contributed by atoms with Crippen LogP contribution in [0.2, 0.25) is 5.02 Å². The number of hydrogen-bond acceptors (Lipinski definition) is 3. The van der Waals surface area contributed by atoms with Gasteiger partial charge < -0.3 is 5.32 Å². The number of nitrogens with zero attached hydrogens (tertiary/aromatic N) is 2. The van der Waals surface area contributed by atoms with Crippen LogP contribution in [-0.2, 0) is 6.54 Å². The number of anilines is 2. The molecule has 3 nitrogen and oxygen atoms in total. The predicted molar refractivity (Wildman–Crippen MR) is 130 cm³/mol. The Labute approximate surface area is 183 Å². The molecule has 0 aliphatic carbocycles. The molecule has 0 atom stereocenters. The Kier molecular flexibility index (Phi) is 5.94. The molecule has 0 spiro atoms. The lowest BCUT2D eigenvalue weighted by atomic mass is 10.0. The predicted octanol–water partition coefficient (Wildman–Crippen LogP) is 7.24. The summed E-state index contributed by atoms with van der Waals surface area (Å²) in [5.74, 6) is 0. The highest BCUT2D eigenvalue weighted by atomic mass is 35.5. The minimum atomic E-state index is 0.698. The molecule has 30 heavy (non-hydrogen) atoms. The molecule has 0 unspecified atom stereocenters. The molecule has 154 valence electrons. The van der Waals surface area contributed by atoms with Gasteiger partial charge in [-0.3, -0.25) is 4.90 Å². The van der Waals surface area contributed by atoms with Crippen LogP contribution in [0.3, 0.4) is 0 Å². The standard InChI is InChI=1S/C26H28ClN3/c1-5-30(6-2)16-19-14-21(10-8-18(19)4)28-26-22-11-9-20(27)15-25(22)29-24-12-7-17(3)13-23(24)26/h7-15H,5-6,16H2,1-4H3,(H,28,29). The Morgan fingerprint density at radius 1 is 0.867 bits per heavy atom. The summed E-state index contributed by atoms with van der Waals surface area (Å²) >= 11 is 6.26. The van der Waals surface area contributed by atoms with E-state index in [1.165, 1.54) is 16.7 Å². The van der Waals surface area contributed by atoms with Gasteiger partial charge in [0.05, 0.1) is 16.7 Å². The number of halogens is 1. The first-order valence-corrected chi connectivity index (χ1v) is 10.9. The molecule has 4 rings (SSSR count). The van der Waals surface area contributed by atoms with Crippen molar-refractivity contribution in [1.29, 1.82) is 0 Å². The molecule has 1 N–H and O–H groups in total. The number of hydrogen-bond donors (Lipinski definition) is 1. The third-order valence-corrected chi connectivity index (χ3v) is 6.03. The summed E-state index contributed by atoms with van der Waals surface area (Å²) < 4.78 is 0. The van der Waals surface area contributed by atoms with Crippen molar-refractivity contribution in [1.82, 2.24) is 9.88 Å². The lowest BCUT2D eigenvalue weighted by Gasteiger charge is -2.20. The van der Waals surface area contributed by atoms with Crippen molar-refractivity contribution in [3.63, 3.8) is 0 Å². The number of nitrogens with one attached hydrogen (secondary N) is 1. The molecular formula is C26H28ClN3. The summed E-state index contributed by atoms with van der Waals surface area (Å²) in [6.07, 6.45) is 0. The fourth-order valence-electron chi connectivity index (χ4n) is 3.92. The zero-order chi connectivity index (χ0) is 21.3. The summed E-state index contributed by atoms with van der Waals surface area (Å²) in [5.41, 5.74) is 7.92. The van der Waals surface area contributed by atoms with E-state index in [2.05, 4.69) is 80.4 Å². The third-order valence-electron chi connectivity index (χ3n) is 5.80. The maximum atomic E-state index is 6.26. The molecule has 1 heterocycles. The first-order chi connectivity index (χ1) is 14.5. The summed E-state index contributed by atoms with van der Waals surface area (Å²) in [7, 11) is 0. The average molecular weight is 418 g/mol. The van der Waals surface area contributed by atoms with Crippen molar-refractivity contribution in [2.75, 3.05) is 18.4 Å². The van der Waals surface area contributed by atoms with Gasteiger partial charge in [-0.15, -0.1) is 0 Å². The minimum absolute atomic E-state index is 0.698. The molecule has 4 aromatic rings. The largest absolute Gasteiger partial charge is 0.354 e. The van der Waals surface area contributed by atoms with E-state index < -0.39 is 0 Å². The van der Waals surface area contributed by atoms with E-state index in [0.717, 1.165) is 52.8 Å². The Morgan fingerprint density at radius 2 is 1.67 bits per heavy atom. The molecule has 0 aliphatic heterocycles. The molecule has 3 aromatic carbocycles. The van der Waals surface area contributed by atoms with Crippen LogP contribution in [0.1, 0.15) is 30.5 Å². The van der Waals surface area contributed by atoms with Crippen molar-refractivity contribution >= 4 is 44.8 Å². The van der Waals surface area contributed by atoms with E-state index in [1.54, 1.807) is 0 Å². The Hall–Kier alpha value is -2.62. The first-order valence-electron chi connectivity index (χ1n) is 10.6. The van der Waals surface area contributed by atoms with Crippen LogP contribution in [0.15, 0.2) is 54.6 Å². The number of aromatic nitrogens is 1. The summed E-state index contributed by atoms with van der Waals surface area (Å²) in [6, 6.07) is 18.9. The fourth-order valence-corrected chi connectivity index (χ4v) is 4.08. The molecule has 0 aliphatic rings. The summed E-state index contributed by atoms with van der Waals surface area (Å²) in [5, 5.41) is 6.60. The smallest absolute Gasteiger partial charge is 0.0745 e. The summed E-state index contributed by atoms with van der Waals surface area (Å²) in [4.78, 5) is 7.28. The van der Waals surface area contributed by atoms with Crippen LogP contribution in [0.5, 0.6) is 0 Å². The lowest BCUT2D eigenvalue weighted by molar-refractivity contribution is 0.295. The van der Waals surface area contributed by atoms with E-state index in [1.807, 2.05) is 12.1 Å². The van der Waals surface area contributed by atoms with E-state index in [0.29, 0.717) is 5.02 Å². The topological polar surface area (TPSA) is 28.2 Å². The highest BCUT2D eigenvalue weighted by Gasteiger charge is 2.12. The quantitative estimate of drug-likeness (QED) is 0.335. The maximum Gasteiger partial charge on any atom is 0.0745 e. The number of benzene rings is 3. The zero-order valence-electron chi connectivity index (χ0n) is 18.1. The van der Waals surface area contributed by atoms with Crippen LogP contribution in [0.25, 0.3) is 21.8 Å². The molecular weight excluding hydrogens is 390 g/mol. The van der Waals surface area contributed by atoms with Gasteiger partial charge in [0.15, 0.2) is 0 Å². The van der Waals surface area contributed by atoms with Gasteiger partial charge in [-0.05, 0) is 80.5 Å². The van der Waals surface area contributed by atoms with Crippen molar-refractivity contribution in [2.24, 2.45) is 0 Å². The lowest BCUT2D eigenvalue weighted by Crippen LogP contribution is -2.22. The van der Waals surface area contributed by atoms with E-state index in [4.69, 9.17) is 16.6 Å². The molecule has 0 saturated heterocycles. The Bertz CT molecular complexity index is 1210. The Balaban J connectivity index is 1.84. The Morgan fingerprint density at radius 3 is 2.43 bits per heavy atom. The highest BCUT2D eigenvalue weighted by Crippen LogP contribution is 2.35. The molecule has 4 heteroatoms. The second kappa shape index (κ2) is 8.63. The average Bonchev–Trinajstić information content (AvgIpc) is 2.74. The van der Waals surface area contributed by atoms with Gasteiger partial charge in [0.25, 0.3) is 0 Å². The van der Waals surface area contributed by atoms with E-state index >= 15 is 0 Å². The van der Waals surface area contributed by atoms with E-state index in [-0.39, 0.29) is 0 Å². The molecule has 0 saturated carbocycles. The van der Waals surface area contributed by atoms with Gasteiger partial charge in [-0.2, -0.15) is 0 Å². The highest BCUT2D eigenvalue weighted by molar-refractivity contribution is 6.31.